The van der Waals surface area contributed by atoms with Gasteiger partial charge in [-0.2, -0.15) is 0 Å². The number of benzene rings is 1. The summed E-state index contributed by atoms with van der Waals surface area (Å²) >= 11 is 12.1. The van der Waals surface area contributed by atoms with Gasteiger partial charge < -0.3 is 21.8 Å². The van der Waals surface area contributed by atoms with Crippen molar-refractivity contribution in [1.82, 2.24) is 0 Å². The van der Waals surface area contributed by atoms with E-state index < -0.39 is 0 Å². The SMILES string of the molecule is CCC[n+]1ccc(/C=N/OCc2c(Cl)cccc2Cl)cc1.[Br-]. The molecule has 3 nitrogen and oxygen atoms in total. The van der Waals surface area contributed by atoms with Crippen LogP contribution in [0.15, 0.2) is 47.9 Å². The molecule has 0 atom stereocenters. The van der Waals surface area contributed by atoms with E-state index in [1.165, 1.54) is 0 Å². The first-order valence-corrected chi connectivity index (χ1v) is 7.53. The van der Waals surface area contributed by atoms with Gasteiger partial charge >= 0.3 is 0 Å². The predicted octanol–water partition coefficient (Wildman–Crippen LogP) is 1.25. The molecule has 0 aliphatic heterocycles. The third kappa shape index (κ3) is 5.59. The minimum atomic E-state index is 0. The van der Waals surface area contributed by atoms with Gasteiger partial charge in [0.05, 0.1) is 6.21 Å². The quantitative estimate of drug-likeness (QED) is 0.405. The zero-order chi connectivity index (χ0) is 15.1. The molecule has 0 unspecified atom stereocenters. The molecule has 22 heavy (non-hydrogen) atoms. The number of aromatic nitrogens is 1. The van der Waals surface area contributed by atoms with Crippen molar-refractivity contribution in [2.75, 3.05) is 0 Å². The number of hydrogen-bond acceptors (Lipinski definition) is 2. The number of oxime groups is 1. The van der Waals surface area contributed by atoms with Crippen LogP contribution in [-0.4, -0.2) is 6.21 Å². The highest BCUT2D eigenvalue weighted by Crippen LogP contribution is 2.24. The maximum Gasteiger partial charge on any atom is 0.169 e. The molecular weight excluding hydrogens is 387 g/mol. The Morgan fingerprint density at radius 3 is 2.36 bits per heavy atom. The number of nitrogens with zero attached hydrogens (tertiary/aromatic N) is 2. The molecule has 2 rings (SSSR count). The highest BCUT2D eigenvalue weighted by atomic mass is 79.9. The van der Waals surface area contributed by atoms with Crippen molar-refractivity contribution in [2.24, 2.45) is 5.16 Å². The van der Waals surface area contributed by atoms with Crippen molar-refractivity contribution in [1.29, 1.82) is 0 Å². The fraction of sp³-hybridized carbons (Fsp3) is 0.250. The van der Waals surface area contributed by atoms with E-state index in [-0.39, 0.29) is 23.6 Å². The average Bonchev–Trinajstić information content (AvgIpc) is 2.48. The molecule has 1 aromatic heterocycles. The monoisotopic (exact) mass is 402 g/mol. The van der Waals surface area contributed by atoms with Crippen LogP contribution >= 0.6 is 23.2 Å². The standard InChI is InChI=1S/C16H17Cl2N2O.BrH/c1-2-8-20-9-6-13(7-10-20)11-19-21-12-14-15(17)4-3-5-16(14)18;/h3-7,9-11H,2,8,12H2,1H3;1H/q+1;/p-1/b19-11+;. The van der Waals surface area contributed by atoms with Crippen molar-refractivity contribution in [3.05, 3.63) is 63.9 Å². The molecule has 0 spiro atoms. The Morgan fingerprint density at radius 1 is 1.14 bits per heavy atom. The average molecular weight is 404 g/mol. The van der Waals surface area contributed by atoms with Gasteiger partial charge in [-0.3, -0.25) is 0 Å². The van der Waals surface area contributed by atoms with Gasteiger partial charge in [0.25, 0.3) is 0 Å². The van der Waals surface area contributed by atoms with E-state index >= 15 is 0 Å². The largest absolute Gasteiger partial charge is 1.00 e. The summed E-state index contributed by atoms with van der Waals surface area (Å²) in [6.07, 6.45) is 6.83. The van der Waals surface area contributed by atoms with Gasteiger partial charge in [0.2, 0.25) is 0 Å². The van der Waals surface area contributed by atoms with Gasteiger partial charge in [-0.05, 0) is 12.1 Å². The lowest BCUT2D eigenvalue weighted by Gasteiger charge is -2.04. The number of halogens is 3. The molecule has 0 aliphatic carbocycles. The van der Waals surface area contributed by atoms with E-state index in [0.29, 0.717) is 10.0 Å². The topological polar surface area (TPSA) is 25.5 Å². The predicted molar refractivity (Wildman–Crippen MR) is 85.8 cm³/mol. The maximum absolute atomic E-state index is 6.05. The van der Waals surface area contributed by atoms with Crippen molar-refractivity contribution < 1.29 is 26.4 Å². The summed E-state index contributed by atoms with van der Waals surface area (Å²) in [5.74, 6) is 0. The normalized spacial score (nSPS) is 10.5. The number of aryl methyl sites for hydroxylation is 1. The van der Waals surface area contributed by atoms with Crippen LogP contribution in [0.4, 0.5) is 0 Å². The number of rotatable bonds is 6. The highest BCUT2D eigenvalue weighted by Gasteiger charge is 2.05. The fourth-order valence-electron chi connectivity index (χ4n) is 1.83. The van der Waals surface area contributed by atoms with E-state index in [0.717, 1.165) is 24.1 Å². The fourth-order valence-corrected chi connectivity index (χ4v) is 2.34. The first-order valence-electron chi connectivity index (χ1n) is 6.78. The summed E-state index contributed by atoms with van der Waals surface area (Å²) in [4.78, 5) is 5.26. The van der Waals surface area contributed by atoms with Crippen molar-refractivity contribution in [3.63, 3.8) is 0 Å². The lowest BCUT2D eigenvalue weighted by molar-refractivity contribution is -0.697. The summed E-state index contributed by atoms with van der Waals surface area (Å²) in [6, 6.07) is 9.34. The summed E-state index contributed by atoms with van der Waals surface area (Å²) in [7, 11) is 0. The maximum atomic E-state index is 6.05. The third-order valence-electron chi connectivity index (χ3n) is 2.95. The van der Waals surface area contributed by atoms with Crippen LogP contribution in [0.3, 0.4) is 0 Å². The lowest BCUT2D eigenvalue weighted by atomic mass is 10.2. The Morgan fingerprint density at radius 2 is 1.77 bits per heavy atom. The zero-order valence-corrected chi connectivity index (χ0v) is 15.3. The van der Waals surface area contributed by atoms with Crippen LogP contribution in [-0.2, 0) is 18.0 Å². The Hall–Kier alpha value is -1.10. The third-order valence-corrected chi connectivity index (χ3v) is 3.65. The minimum Gasteiger partial charge on any atom is -1.00 e. The second-order valence-corrected chi connectivity index (χ2v) is 5.39. The molecule has 0 N–H and O–H groups in total. The van der Waals surface area contributed by atoms with Gasteiger partial charge in [0.1, 0.15) is 13.2 Å². The molecule has 118 valence electrons. The Labute approximate surface area is 151 Å². The summed E-state index contributed by atoms with van der Waals surface area (Å²) in [5.41, 5.74) is 1.72. The van der Waals surface area contributed by atoms with Gasteiger partial charge in [0.15, 0.2) is 12.4 Å². The second-order valence-electron chi connectivity index (χ2n) is 4.58. The number of pyridine rings is 1. The smallest absolute Gasteiger partial charge is 0.169 e. The van der Waals surface area contributed by atoms with Gasteiger partial charge in [-0.1, -0.05) is 41.3 Å². The van der Waals surface area contributed by atoms with E-state index in [4.69, 9.17) is 28.0 Å². The molecule has 0 amide bonds. The van der Waals surface area contributed by atoms with Crippen LogP contribution in [0.2, 0.25) is 10.0 Å². The second kappa shape index (κ2) is 9.82. The van der Waals surface area contributed by atoms with Crippen LogP contribution in [0.5, 0.6) is 0 Å². The van der Waals surface area contributed by atoms with Crippen LogP contribution in [0.25, 0.3) is 0 Å². The zero-order valence-electron chi connectivity index (χ0n) is 12.2. The minimum absolute atomic E-state index is 0. The molecule has 0 bridgehead atoms. The molecule has 2 aromatic rings. The summed E-state index contributed by atoms with van der Waals surface area (Å²) in [6.45, 7) is 3.41. The van der Waals surface area contributed by atoms with Gasteiger partial charge in [0, 0.05) is 39.7 Å². The van der Waals surface area contributed by atoms with E-state index in [1.807, 2.05) is 24.5 Å². The van der Waals surface area contributed by atoms with Gasteiger partial charge in [-0.15, -0.1) is 0 Å². The highest BCUT2D eigenvalue weighted by molar-refractivity contribution is 6.35. The van der Waals surface area contributed by atoms with Crippen LogP contribution in [0, 0.1) is 0 Å². The first kappa shape index (κ1) is 18.9. The molecule has 1 aromatic carbocycles. The van der Waals surface area contributed by atoms with E-state index in [9.17, 15) is 0 Å². The van der Waals surface area contributed by atoms with E-state index in [2.05, 4.69) is 16.6 Å². The van der Waals surface area contributed by atoms with Crippen molar-refractivity contribution in [2.45, 2.75) is 26.5 Å². The van der Waals surface area contributed by atoms with Crippen LogP contribution < -0.4 is 21.5 Å². The van der Waals surface area contributed by atoms with Crippen LogP contribution in [0.1, 0.15) is 24.5 Å². The molecule has 1 heterocycles. The first-order chi connectivity index (χ1) is 10.2. The molecule has 0 saturated carbocycles. The summed E-state index contributed by atoms with van der Waals surface area (Å²) < 4.78 is 2.13. The molecular formula is C16H17BrCl2N2O. The van der Waals surface area contributed by atoms with Crippen molar-refractivity contribution in [3.8, 4) is 0 Å². The lowest BCUT2D eigenvalue weighted by Crippen LogP contribution is -3.00. The molecule has 0 radical (unpaired) electrons. The van der Waals surface area contributed by atoms with E-state index in [1.54, 1.807) is 24.4 Å². The Balaban J connectivity index is 0.00000242. The molecule has 0 fully saturated rings. The Kier molecular flexibility index (Phi) is 8.46. The summed E-state index contributed by atoms with van der Waals surface area (Å²) in [5, 5.41) is 5.11. The molecule has 6 heteroatoms. The molecule has 0 saturated heterocycles. The van der Waals surface area contributed by atoms with Crippen molar-refractivity contribution >= 4 is 29.4 Å². The Bertz CT molecular complexity index is 598. The molecule has 0 aliphatic rings. The number of hydrogen-bond donors (Lipinski definition) is 0. The van der Waals surface area contributed by atoms with Gasteiger partial charge in [-0.25, -0.2) is 4.57 Å².